The molecule has 0 aliphatic carbocycles. The second kappa shape index (κ2) is 10.1. The molecule has 0 aliphatic rings. The summed E-state index contributed by atoms with van der Waals surface area (Å²) in [5.41, 5.74) is 1.35. The monoisotopic (exact) mass is 367 g/mol. The van der Waals surface area contributed by atoms with Crippen molar-refractivity contribution in [3.63, 3.8) is 0 Å². The standard InChI is InChI=1S/C21H25N3O3/c1-15(2)23-20(26)14-22-19(25)13-18(16-9-5-3-6-10-16)24-21(27)17-11-7-4-8-12-17/h3-12,15,18H,13-14H2,1-2H3,(H,22,25)(H,23,26)(H,24,27). The first-order valence-corrected chi connectivity index (χ1v) is 8.92. The van der Waals surface area contributed by atoms with Gasteiger partial charge in [-0.1, -0.05) is 48.5 Å². The molecule has 6 nitrogen and oxygen atoms in total. The summed E-state index contributed by atoms with van der Waals surface area (Å²) in [6, 6.07) is 17.6. The molecule has 0 radical (unpaired) electrons. The van der Waals surface area contributed by atoms with Crippen LogP contribution in [-0.2, 0) is 9.59 Å². The second-order valence-corrected chi connectivity index (χ2v) is 6.51. The van der Waals surface area contributed by atoms with Crippen LogP contribution in [0.2, 0.25) is 0 Å². The molecule has 2 aromatic rings. The third-order valence-corrected chi connectivity index (χ3v) is 3.83. The summed E-state index contributed by atoms with van der Waals surface area (Å²) < 4.78 is 0. The molecule has 6 heteroatoms. The van der Waals surface area contributed by atoms with Gasteiger partial charge >= 0.3 is 0 Å². The third kappa shape index (κ3) is 6.93. The maximum absolute atomic E-state index is 12.5. The van der Waals surface area contributed by atoms with Gasteiger partial charge in [0.25, 0.3) is 5.91 Å². The van der Waals surface area contributed by atoms with E-state index in [2.05, 4.69) is 16.0 Å². The molecule has 0 spiro atoms. The minimum atomic E-state index is -0.493. The molecule has 0 aliphatic heterocycles. The topological polar surface area (TPSA) is 87.3 Å². The summed E-state index contributed by atoms with van der Waals surface area (Å²) in [6.45, 7) is 3.61. The van der Waals surface area contributed by atoms with Crippen LogP contribution in [0.4, 0.5) is 0 Å². The minimum Gasteiger partial charge on any atom is -0.352 e. The lowest BCUT2D eigenvalue weighted by Crippen LogP contribution is -2.41. The van der Waals surface area contributed by atoms with E-state index in [9.17, 15) is 14.4 Å². The fourth-order valence-corrected chi connectivity index (χ4v) is 2.58. The zero-order valence-electron chi connectivity index (χ0n) is 15.6. The van der Waals surface area contributed by atoms with Crippen LogP contribution in [0, 0.1) is 0 Å². The van der Waals surface area contributed by atoms with Crippen molar-refractivity contribution in [2.24, 2.45) is 0 Å². The molecule has 0 saturated carbocycles. The van der Waals surface area contributed by atoms with Gasteiger partial charge in [0, 0.05) is 11.6 Å². The predicted octanol–water partition coefficient (Wildman–Crippen LogP) is 2.19. The van der Waals surface area contributed by atoms with E-state index < -0.39 is 6.04 Å². The molecule has 3 amide bonds. The lowest BCUT2D eigenvalue weighted by Gasteiger charge is -2.19. The molecular weight excluding hydrogens is 342 g/mol. The van der Waals surface area contributed by atoms with Gasteiger partial charge in [-0.25, -0.2) is 0 Å². The highest BCUT2D eigenvalue weighted by Gasteiger charge is 2.19. The zero-order valence-corrected chi connectivity index (χ0v) is 15.6. The maximum Gasteiger partial charge on any atom is 0.251 e. The van der Waals surface area contributed by atoms with Gasteiger partial charge in [-0.2, -0.15) is 0 Å². The molecular formula is C21H25N3O3. The van der Waals surface area contributed by atoms with Gasteiger partial charge < -0.3 is 16.0 Å². The van der Waals surface area contributed by atoms with Crippen LogP contribution in [0.3, 0.4) is 0 Å². The molecule has 0 saturated heterocycles. The summed E-state index contributed by atoms with van der Waals surface area (Å²) >= 11 is 0. The molecule has 1 unspecified atom stereocenters. The first kappa shape index (κ1) is 20.2. The lowest BCUT2D eigenvalue weighted by molar-refractivity contribution is -0.126. The normalized spacial score (nSPS) is 11.5. The molecule has 1 atom stereocenters. The first-order chi connectivity index (χ1) is 13.0. The van der Waals surface area contributed by atoms with Gasteiger partial charge in [0.05, 0.1) is 19.0 Å². The highest BCUT2D eigenvalue weighted by Crippen LogP contribution is 2.17. The van der Waals surface area contributed by atoms with Crippen molar-refractivity contribution >= 4 is 17.7 Å². The molecule has 2 rings (SSSR count). The first-order valence-electron chi connectivity index (χ1n) is 8.92. The summed E-state index contributed by atoms with van der Waals surface area (Å²) in [5.74, 6) is -0.811. The van der Waals surface area contributed by atoms with E-state index in [1.54, 1.807) is 24.3 Å². The van der Waals surface area contributed by atoms with Gasteiger partial charge in [-0.3, -0.25) is 14.4 Å². The Morgan fingerprint density at radius 2 is 1.41 bits per heavy atom. The Morgan fingerprint density at radius 1 is 0.815 bits per heavy atom. The van der Waals surface area contributed by atoms with E-state index in [0.717, 1.165) is 5.56 Å². The Kier molecular flexibility index (Phi) is 7.55. The van der Waals surface area contributed by atoms with E-state index in [0.29, 0.717) is 5.56 Å². The average molecular weight is 367 g/mol. The molecule has 3 N–H and O–H groups in total. The van der Waals surface area contributed by atoms with Crippen LogP contribution < -0.4 is 16.0 Å². The minimum absolute atomic E-state index is 0.0108. The Labute approximate surface area is 159 Å². The summed E-state index contributed by atoms with van der Waals surface area (Å²) in [5, 5.41) is 8.21. The van der Waals surface area contributed by atoms with E-state index in [1.807, 2.05) is 50.2 Å². The van der Waals surface area contributed by atoms with Crippen molar-refractivity contribution in [1.82, 2.24) is 16.0 Å². The van der Waals surface area contributed by atoms with E-state index in [1.165, 1.54) is 0 Å². The van der Waals surface area contributed by atoms with Crippen LogP contribution >= 0.6 is 0 Å². The van der Waals surface area contributed by atoms with Gasteiger partial charge in [0.1, 0.15) is 0 Å². The Morgan fingerprint density at radius 3 is 2.00 bits per heavy atom. The highest BCUT2D eigenvalue weighted by molar-refractivity contribution is 5.94. The van der Waals surface area contributed by atoms with Crippen molar-refractivity contribution < 1.29 is 14.4 Å². The molecule has 27 heavy (non-hydrogen) atoms. The molecule has 0 heterocycles. The number of carbonyl (C=O) groups is 3. The number of hydrogen-bond acceptors (Lipinski definition) is 3. The Balaban J connectivity index is 2.02. The third-order valence-electron chi connectivity index (χ3n) is 3.83. The van der Waals surface area contributed by atoms with Gasteiger partial charge in [0.2, 0.25) is 11.8 Å². The van der Waals surface area contributed by atoms with Gasteiger partial charge in [-0.15, -0.1) is 0 Å². The van der Waals surface area contributed by atoms with Crippen molar-refractivity contribution in [2.45, 2.75) is 32.4 Å². The Hall–Kier alpha value is -3.15. The number of carbonyl (C=O) groups excluding carboxylic acids is 3. The average Bonchev–Trinajstić information content (AvgIpc) is 2.66. The smallest absolute Gasteiger partial charge is 0.251 e. The number of benzene rings is 2. The number of rotatable bonds is 8. The van der Waals surface area contributed by atoms with Crippen LogP contribution in [-0.4, -0.2) is 30.3 Å². The van der Waals surface area contributed by atoms with Crippen molar-refractivity contribution in [2.75, 3.05) is 6.54 Å². The molecule has 142 valence electrons. The van der Waals surface area contributed by atoms with Crippen molar-refractivity contribution in [3.8, 4) is 0 Å². The predicted molar refractivity (Wildman–Crippen MR) is 104 cm³/mol. The lowest BCUT2D eigenvalue weighted by atomic mass is 10.0. The maximum atomic E-state index is 12.5. The largest absolute Gasteiger partial charge is 0.352 e. The van der Waals surface area contributed by atoms with Crippen LogP contribution in [0.1, 0.15) is 42.2 Å². The fraction of sp³-hybridized carbons (Fsp3) is 0.286. The van der Waals surface area contributed by atoms with Gasteiger partial charge in [0.15, 0.2) is 0 Å². The zero-order chi connectivity index (χ0) is 19.6. The van der Waals surface area contributed by atoms with E-state index in [4.69, 9.17) is 0 Å². The summed E-state index contributed by atoms with van der Waals surface area (Å²) in [4.78, 5) is 36.5. The summed E-state index contributed by atoms with van der Waals surface area (Å²) in [6.07, 6.45) is 0.0392. The summed E-state index contributed by atoms with van der Waals surface area (Å²) in [7, 11) is 0. The highest BCUT2D eigenvalue weighted by atomic mass is 16.2. The number of amides is 3. The second-order valence-electron chi connectivity index (χ2n) is 6.51. The quantitative estimate of drug-likeness (QED) is 0.668. The van der Waals surface area contributed by atoms with Crippen molar-refractivity contribution in [3.05, 3.63) is 71.8 Å². The molecule has 2 aromatic carbocycles. The molecule has 0 aromatic heterocycles. The fourth-order valence-electron chi connectivity index (χ4n) is 2.58. The SMILES string of the molecule is CC(C)NC(=O)CNC(=O)CC(NC(=O)c1ccccc1)c1ccccc1. The number of hydrogen-bond donors (Lipinski definition) is 3. The van der Waals surface area contributed by atoms with Gasteiger partial charge in [-0.05, 0) is 31.5 Å². The molecule has 0 fully saturated rings. The Bertz CT molecular complexity index is 761. The van der Waals surface area contributed by atoms with E-state index >= 15 is 0 Å². The van der Waals surface area contributed by atoms with Crippen LogP contribution in [0.5, 0.6) is 0 Å². The van der Waals surface area contributed by atoms with Crippen LogP contribution in [0.15, 0.2) is 60.7 Å². The van der Waals surface area contributed by atoms with Crippen molar-refractivity contribution in [1.29, 1.82) is 0 Å². The number of nitrogens with one attached hydrogen (secondary N) is 3. The van der Waals surface area contributed by atoms with E-state index in [-0.39, 0.29) is 36.7 Å². The molecule has 0 bridgehead atoms. The van der Waals surface area contributed by atoms with Crippen LogP contribution in [0.25, 0.3) is 0 Å².